The Morgan fingerprint density at radius 3 is 2.82 bits per heavy atom. The lowest BCUT2D eigenvalue weighted by Gasteiger charge is -2.46. The summed E-state index contributed by atoms with van der Waals surface area (Å²) in [6.45, 7) is 2.41. The average molecular weight is 391 g/mol. The highest BCUT2D eigenvalue weighted by atomic mass is 16.7. The minimum absolute atomic E-state index is 0.0883. The molecule has 5 atom stereocenters. The second-order valence-corrected chi connectivity index (χ2v) is 7.79. The Bertz CT molecular complexity index is 694. The molecule has 1 aromatic rings. The number of hydrogen-bond acceptors (Lipinski definition) is 7. The molecular weight excluding hydrogens is 362 g/mol. The summed E-state index contributed by atoms with van der Waals surface area (Å²) < 4.78 is 17.3. The third-order valence-corrected chi connectivity index (χ3v) is 6.21. The highest BCUT2D eigenvalue weighted by molar-refractivity contribution is 5.76. The van der Waals surface area contributed by atoms with Crippen LogP contribution < -0.4 is 15.8 Å². The largest absolute Gasteiger partial charge is 0.496 e. The topological polar surface area (TPSA) is 106 Å². The Morgan fingerprint density at radius 1 is 1.36 bits per heavy atom. The van der Waals surface area contributed by atoms with Gasteiger partial charge in [0, 0.05) is 18.0 Å². The van der Waals surface area contributed by atoms with Crippen LogP contribution in [0.5, 0.6) is 5.75 Å². The van der Waals surface area contributed by atoms with Gasteiger partial charge in [-0.05, 0) is 32.0 Å². The lowest BCUT2D eigenvalue weighted by atomic mass is 9.90. The summed E-state index contributed by atoms with van der Waals surface area (Å²) in [5.41, 5.74) is 6.47. The number of amides is 1. The molecule has 0 radical (unpaired) electrons. The van der Waals surface area contributed by atoms with Crippen molar-refractivity contribution in [3.8, 4) is 5.75 Å². The number of aliphatic hydroxyl groups excluding tert-OH is 1. The average Bonchev–Trinajstić information content (AvgIpc) is 3.13. The van der Waals surface area contributed by atoms with Gasteiger partial charge in [-0.1, -0.05) is 18.2 Å². The van der Waals surface area contributed by atoms with E-state index in [4.69, 9.17) is 19.9 Å². The quantitative estimate of drug-likeness (QED) is 0.618. The third-order valence-electron chi connectivity index (χ3n) is 6.21. The number of ether oxygens (including phenoxy) is 3. The molecule has 3 aliphatic heterocycles. The van der Waals surface area contributed by atoms with Gasteiger partial charge in [-0.15, -0.1) is 0 Å². The Morgan fingerprint density at radius 2 is 2.11 bits per heavy atom. The number of carbonyl (C=O) groups is 1. The summed E-state index contributed by atoms with van der Waals surface area (Å²) in [7, 11) is 1.65. The van der Waals surface area contributed by atoms with Gasteiger partial charge in [-0.25, -0.2) is 0 Å². The fourth-order valence-corrected chi connectivity index (χ4v) is 4.60. The van der Waals surface area contributed by atoms with Gasteiger partial charge in [0.05, 0.1) is 31.9 Å². The SMILES string of the molecule is COc1ccccc1CN[C@@H]1[C@H](O)[C@@H](N2CCC(C(N)=O)CC2)[C@@H]2OC[C@@H]1O2. The lowest BCUT2D eigenvalue weighted by molar-refractivity contribution is -0.186. The van der Waals surface area contributed by atoms with E-state index in [2.05, 4.69) is 10.2 Å². The van der Waals surface area contributed by atoms with Crippen molar-refractivity contribution in [2.45, 2.75) is 50.0 Å². The summed E-state index contributed by atoms with van der Waals surface area (Å²) in [4.78, 5) is 13.6. The standard InChI is InChI=1S/C20H29N3O5/c1-26-14-5-3-2-4-13(14)10-22-16-15-11-27-20(28-15)17(18(16)24)23-8-6-12(7-9-23)19(21)25/h2-5,12,15-18,20,22,24H,6-11H2,1H3,(H2,21,25)/t15-,16-,17+,18-,20+/m0/s1. The number of likely N-dealkylation sites (tertiary alicyclic amines) is 1. The number of benzene rings is 1. The number of rotatable bonds is 6. The first-order valence-electron chi connectivity index (χ1n) is 9.92. The number of nitrogens with zero attached hydrogens (tertiary/aromatic N) is 1. The van der Waals surface area contributed by atoms with Gasteiger partial charge in [0.15, 0.2) is 6.29 Å². The van der Waals surface area contributed by atoms with Gasteiger partial charge in [0.1, 0.15) is 11.9 Å². The maximum Gasteiger partial charge on any atom is 0.220 e. The first-order valence-corrected chi connectivity index (χ1v) is 9.92. The summed E-state index contributed by atoms with van der Waals surface area (Å²) in [5.74, 6) is 0.482. The van der Waals surface area contributed by atoms with E-state index in [9.17, 15) is 9.90 Å². The highest BCUT2D eigenvalue weighted by Crippen LogP contribution is 2.33. The Labute approximate surface area is 164 Å². The van der Waals surface area contributed by atoms with E-state index in [1.807, 2.05) is 24.3 Å². The van der Waals surface area contributed by atoms with Crippen LogP contribution in [0, 0.1) is 5.92 Å². The predicted molar refractivity (Wildman–Crippen MR) is 102 cm³/mol. The molecule has 1 amide bonds. The fourth-order valence-electron chi connectivity index (χ4n) is 4.60. The number of carbonyl (C=O) groups excluding carboxylic acids is 1. The van der Waals surface area contributed by atoms with E-state index >= 15 is 0 Å². The van der Waals surface area contributed by atoms with Crippen LogP contribution in [0.2, 0.25) is 0 Å². The number of para-hydroxylation sites is 1. The van der Waals surface area contributed by atoms with E-state index in [0.29, 0.717) is 39.1 Å². The van der Waals surface area contributed by atoms with Crippen LogP contribution in [0.15, 0.2) is 24.3 Å². The van der Waals surface area contributed by atoms with E-state index in [-0.39, 0.29) is 30.0 Å². The summed E-state index contributed by atoms with van der Waals surface area (Å²) in [5, 5.41) is 14.6. The number of hydrogen-bond donors (Lipinski definition) is 3. The molecule has 8 heteroatoms. The monoisotopic (exact) mass is 391 g/mol. The normalized spacial score (nSPS) is 33.7. The zero-order valence-electron chi connectivity index (χ0n) is 16.1. The third kappa shape index (κ3) is 3.75. The first-order chi connectivity index (χ1) is 13.6. The van der Waals surface area contributed by atoms with Gasteiger partial charge in [0.25, 0.3) is 0 Å². The minimum Gasteiger partial charge on any atom is -0.496 e. The molecule has 3 heterocycles. The maximum atomic E-state index is 11.4. The molecule has 0 unspecified atom stereocenters. The van der Waals surface area contributed by atoms with Crippen molar-refractivity contribution in [1.82, 2.24) is 10.2 Å². The van der Waals surface area contributed by atoms with E-state index in [1.165, 1.54) is 0 Å². The molecule has 0 saturated carbocycles. The zero-order chi connectivity index (χ0) is 19.7. The molecule has 4 N–H and O–H groups in total. The van der Waals surface area contributed by atoms with Crippen molar-refractivity contribution in [1.29, 1.82) is 0 Å². The molecular formula is C20H29N3O5. The summed E-state index contributed by atoms with van der Waals surface area (Å²) in [6, 6.07) is 7.31. The fraction of sp³-hybridized carbons (Fsp3) is 0.650. The van der Waals surface area contributed by atoms with Crippen LogP contribution in [-0.4, -0.2) is 73.3 Å². The Hall–Kier alpha value is -1.71. The Balaban J connectivity index is 1.43. The number of fused-ring (bicyclic) bond motifs is 2. The molecule has 0 spiro atoms. The van der Waals surface area contributed by atoms with Gasteiger partial charge >= 0.3 is 0 Å². The number of aliphatic hydroxyl groups is 1. The maximum absolute atomic E-state index is 11.4. The van der Waals surface area contributed by atoms with Gasteiger partial charge in [-0.2, -0.15) is 0 Å². The molecule has 4 rings (SSSR count). The van der Waals surface area contributed by atoms with Crippen molar-refractivity contribution in [3.63, 3.8) is 0 Å². The molecule has 3 aliphatic rings. The number of piperidine rings is 1. The van der Waals surface area contributed by atoms with Crippen LogP contribution >= 0.6 is 0 Å². The molecule has 8 nitrogen and oxygen atoms in total. The van der Waals surface area contributed by atoms with Crippen molar-refractivity contribution in [2.24, 2.45) is 11.7 Å². The minimum atomic E-state index is -0.633. The van der Waals surface area contributed by atoms with Crippen molar-refractivity contribution in [2.75, 3.05) is 26.8 Å². The molecule has 3 fully saturated rings. The number of primary amides is 1. The number of nitrogens with one attached hydrogen (secondary N) is 1. The molecule has 0 aliphatic carbocycles. The van der Waals surface area contributed by atoms with Gasteiger partial charge < -0.3 is 30.4 Å². The second-order valence-electron chi connectivity index (χ2n) is 7.79. The van der Waals surface area contributed by atoms with Crippen LogP contribution in [0.4, 0.5) is 0 Å². The zero-order valence-corrected chi connectivity index (χ0v) is 16.1. The molecule has 3 saturated heterocycles. The second kappa shape index (κ2) is 8.34. The van der Waals surface area contributed by atoms with Crippen molar-refractivity contribution < 1.29 is 24.1 Å². The molecule has 2 bridgehead atoms. The van der Waals surface area contributed by atoms with E-state index < -0.39 is 12.4 Å². The molecule has 154 valence electrons. The van der Waals surface area contributed by atoms with Gasteiger partial charge in [-0.3, -0.25) is 9.69 Å². The summed E-state index contributed by atoms with van der Waals surface area (Å²) in [6.07, 6.45) is 0.150. The summed E-state index contributed by atoms with van der Waals surface area (Å²) >= 11 is 0. The smallest absolute Gasteiger partial charge is 0.220 e. The first kappa shape index (κ1) is 19.6. The molecule has 0 aromatic heterocycles. The van der Waals surface area contributed by atoms with E-state index in [0.717, 1.165) is 11.3 Å². The van der Waals surface area contributed by atoms with Crippen LogP contribution in [0.1, 0.15) is 18.4 Å². The van der Waals surface area contributed by atoms with E-state index in [1.54, 1.807) is 7.11 Å². The van der Waals surface area contributed by atoms with Crippen LogP contribution in [-0.2, 0) is 20.8 Å². The van der Waals surface area contributed by atoms with Crippen LogP contribution in [0.25, 0.3) is 0 Å². The van der Waals surface area contributed by atoms with Crippen LogP contribution in [0.3, 0.4) is 0 Å². The predicted octanol–water partition coefficient (Wildman–Crippen LogP) is -0.165. The molecule has 1 aromatic carbocycles. The van der Waals surface area contributed by atoms with Crippen molar-refractivity contribution >= 4 is 5.91 Å². The van der Waals surface area contributed by atoms with Gasteiger partial charge in [0.2, 0.25) is 5.91 Å². The number of methoxy groups -OCH3 is 1. The van der Waals surface area contributed by atoms with Crippen molar-refractivity contribution in [3.05, 3.63) is 29.8 Å². The highest BCUT2D eigenvalue weighted by Gasteiger charge is 2.52. The Kier molecular flexibility index (Phi) is 5.84. The molecule has 28 heavy (non-hydrogen) atoms. The lowest BCUT2D eigenvalue weighted by Crippen LogP contribution is -2.65. The number of nitrogens with two attached hydrogens (primary N) is 1.